The zero-order valence-corrected chi connectivity index (χ0v) is 22.8. The van der Waals surface area contributed by atoms with E-state index in [1.54, 1.807) is 11.6 Å². The van der Waals surface area contributed by atoms with Crippen LogP contribution in [0, 0.1) is 5.82 Å². The fourth-order valence-electron chi connectivity index (χ4n) is 4.81. The van der Waals surface area contributed by atoms with E-state index in [4.69, 9.17) is 4.98 Å². The Bertz CT molecular complexity index is 1590. The summed E-state index contributed by atoms with van der Waals surface area (Å²) in [5.74, 6) is -1.06. The minimum Gasteiger partial charge on any atom is -0.403 e. The maximum atomic E-state index is 14.4. The van der Waals surface area contributed by atoms with Crippen LogP contribution >= 0.6 is 11.3 Å². The molecule has 1 aromatic carbocycles. The largest absolute Gasteiger partial charge is 0.573 e. The SMILES string of the molecule is CC(C)(CCc1cn(-c2cscn2)c2nc(-c3ccc(OC(F)(F)F)c(F)c3)ccc12)N1CCS(=O)(=O)CC1. The number of benzene rings is 1. The van der Waals surface area contributed by atoms with Gasteiger partial charge in [-0.15, -0.1) is 24.5 Å². The van der Waals surface area contributed by atoms with Crippen LogP contribution in [0.5, 0.6) is 5.75 Å². The van der Waals surface area contributed by atoms with Crippen molar-refractivity contribution in [2.45, 2.75) is 38.6 Å². The molecule has 1 aliphatic heterocycles. The van der Waals surface area contributed by atoms with Crippen LogP contribution in [0.4, 0.5) is 17.6 Å². The molecule has 39 heavy (non-hydrogen) atoms. The van der Waals surface area contributed by atoms with Crippen molar-refractivity contribution in [3.63, 3.8) is 0 Å². The average molecular weight is 583 g/mol. The van der Waals surface area contributed by atoms with Crippen LogP contribution in [0.25, 0.3) is 28.1 Å². The number of aromatic nitrogens is 3. The first-order valence-corrected chi connectivity index (χ1v) is 15.0. The summed E-state index contributed by atoms with van der Waals surface area (Å²) < 4.78 is 81.3. The highest BCUT2D eigenvalue weighted by molar-refractivity contribution is 7.91. The van der Waals surface area contributed by atoms with Crippen molar-refractivity contribution < 1.29 is 30.7 Å². The van der Waals surface area contributed by atoms with Gasteiger partial charge < -0.3 is 4.74 Å². The van der Waals surface area contributed by atoms with Crippen molar-refractivity contribution in [2.75, 3.05) is 24.6 Å². The number of halogens is 4. The summed E-state index contributed by atoms with van der Waals surface area (Å²) in [4.78, 5) is 11.4. The summed E-state index contributed by atoms with van der Waals surface area (Å²) in [5.41, 5.74) is 3.78. The van der Waals surface area contributed by atoms with Crippen molar-refractivity contribution in [2.24, 2.45) is 0 Å². The average Bonchev–Trinajstić information content (AvgIpc) is 3.51. The van der Waals surface area contributed by atoms with E-state index in [2.05, 4.69) is 28.5 Å². The fourth-order valence-corrected chi connectivity index (χ4v) is 6.54. The number of thiazole rings is 1. The topological polar surface area (TPSA) is 77.3 Å². The Morgan fingerprint density at radius 2 is 1.85 bits per heavy atom. The van der Waals surface area contributed by atoms with Gasteiger partial charge in [0.25, 0.3) is 0 Å². The van der Waals surface area contributed by atoms with Crippen LogP contribution < -0.4 is 4.74 Å². The smallest absolute Gasteiger partial charge is 0.403 e. The summed E-state index contributed by atoms with van der Waals surface area (Å²) >= 11 is 1.43. The molecular formula is C26H26F4N4O3S2. The molecule has 0 amide bonds. The van der Waals surface area contributed by atoms with Gasteiger partial charge in [0, 0.05) is 41.2 Å². The number of aryl methyl sites for hydroxylation is 1. The Labute approximate surface area is 227 Å². The molecule has 4 aromatic rings. The lowest BCUT2D eigenvalue weighted by Crippen LogP contribution is -2.51. The van der Waals surface area contributed by atoms with Crippen LogP contribution in [0.15, 0.2) is 47.4 Å². The monoisotopic (exact) mass is 582 g/mol. The molecule has 0 bridgehead atoms. The van der Waals surface area contributed by atoms with E-state index >= 15 is 0 Å². The Hall–Kier alpha value is -3.03. The van der Waals surface area contributed by atoms with E-state index in [0.29, 0.717) is 42.2 Å². The van der Waals surface area contributed by atoms with E-state index in [1.807, 2.05) is 22.2 Å². The van der Waals surface area contributed by atoms with E-state index in [9.17, 15) is 26.0 Å². The second kappa shape index (κ2) is 10.2. The van der Waals surface area contributed by atoms with Crippen LogP contribution in [0.1, 0.15) is 25.8 Å². The van der Waals surface area contributed by atoms with Crippen LogP contribution in [-0.2, 0) is 16.3 Å². The maximum absolute atomic E-state index is 14.4. The lowest BCUT2D eigenvalue weighted by atomic mass is 9.93. The first-order chi connectivity index (χ1) is 18.3. The van der Waals surface area contributed by atoms with Gasteiger partial charge in [-0.3, -0.25) is 9.47 Å². The summed E-state index contributed by atoms with van der Waals surface area (Å²) in [7, 11) is -2.97. The molecular weight excluding hydrogens is 556 g/mol. The molecule has 4 heterocycles. The summed E-state index contributed by atoms with van der Waals surface area (Å²) in [6.07, 6.45) is -1.56. The number of alkyl halides is 3. The van der Waals surface area contributed by atoms with Crippen LogP contribution in [-0.4, -0.2) is 64.3 Å². The number of ether oxygens (including phenoxy) is 1. The van der Waals surface area contributed by atoms with Gasteiger partial charge in [0.2, 0.25) is 0 Å². The minimum absolute atomic E-state index is 0.163. The highest BCUT2D eigenvalue weighted by Gasteiger charge is 2.33. The zero-order valence-electron chi connectivity index (χ0n) is 21.2. The Balaban J connectivity index is 1.45. The van der Waals surface area contributed by atoms with Gasteiger partial charge in [-0.05, 0) is 62.6 Å². The molecule has 5 rings (SSSR count). The molecule has 0 N–H and O–H groups in total. The van der Waals surface area contributed by atoms with Crippen LogP contribution in [0.3, 0.4) is 0 Å². The number of sulfone groups is 1. The fraction of sp³-hybridized carbons (Fsp3) is 0.385. The maximum Gasteiger partial charge on any atom is 0.573 e. The third-order valence-corrected chi connectivity index (χ3v) is 9.24. The minimum atomic E-state index is -5.00. The molecule has 0 unspecified atom stereocenters. The van der Waals surface area contributed by atoms with E-state index < -0.39 is 27.8 Å². The molecule has 1 fully saturated rings. The normalized spacial score (nSPS) is 16.6. The Morgan fingerprint density at radius 1 is 1.10 bits per heavy atom. The first-order valence-electron chi connectivity index (χ1n) is 12.2. The molecule has 0 saturated carbocycles. The molecule has 7 nitrogen and oxygen atoms in total. The van der Waals surface area contributed by atoms with Gasteiger partial charge in [-0.2, -0.15) is 0 Å². The van der Waals surface area contributed by atoms with Crippen molar-refractivity contribution in [3.05, 3.63) is 58.8 Å². The molecule has 1 saturated heterocycles. The third kappa shape index (κ3) is 6.10. The predicted molar refractivity (Wildman–Crippen MR) is 141 cm³/mol. The third-order valence-electron chi connectivity index (χ3n) is 7.06. The van der Waals surface area contributed by atoms with Crippen molar-refractivity contribution in [1.82, 2.24) is 19.4 Å². The van der Waals surface area contributed by atoms with E-state index in [0.717, 1.165) is 29.5 Å². The molecule has 13 heteroatoms. The first kappa shape index (κ1) is 27.5. The number of nitrogens with zero attached hydrogens (tertiary/aromatic N) is 4. The number of hydrogen-bond acceptors (Lipinski definition) is 7. The molecule has 0 spiro atoms. The Morgan fingerprint density at radius 3 is 2.49 bits per heavy atom. The lowest BCUT2D eigenvalue weighted by Gasteiger charge is -2.41. The predicted octanol–water partition coefficient (Wildman–Crippen LogP) is 5.63. The van der Waals surface area contributed by atoms with E-state index in [-0.39, 0.29) is 17.0 Å². The second-order valence-electron chi connectivity index (χ2n) is 10.1. The molecule has 3 aromatic heterocycles. The molecule has 0 radical (unpaired) electrons. The zero-order chi connectivity index (χ0) is 28.0. The summed E-state index contributed by atoms with van der Waals surface area (Å²) in [5, 5.41) is 2.75. The highest BCUT2D eigenvalue weighted by Crippen LogP contribution is 2.33. The molecule has 208 valence electrons. The van der Waals surface area contributed by atoms with Gasteiger partial charge in [0.05, 0.1) is 22.7 Å². The van der Waals surface area contributed by atoms with E-state index in [1.165, 1.54) is 17.4 Å². The van der Waals surface area contributed by atoms with Crippen molar-refractivity contribution in [1.29, 1.82) is 0 Å². The lowest BCUT2D eigenvalue weighted by molar-refractivity contribution is -0.275. The molecule has 0 atom stereocenters. The molecule has 1 aliphatic rings. The van der Waals surface area contributed by atoms with Gasteiger partial charge >= 0.3 is 6.36 Å². The standard InChI is InChI=1S/C26H26F4N4O3S2/c1-25(2,33-9-11-39(35,36)12-10-33)8-7-18-14-34(23-15-38-16-31-23)24-19(18)4-5-21(32-24)17-3-6-22(20(27)13-17)37-26(28,29)30/h3-6,13-16H,7-12H2,1-2H3. The van der Waals surface area contributed by atoms with Gasteiger partial charge in [-0.1, -0.05) is 0 Å². The van der Waals surface area contributed by atoms with Gasteiger partial charge in [0.1, 0.15) is 11.5 Å². The Kier molecular flexibility index (Phi) is 7.18. The quantitative estimate of drug-likeness (QED) is 0.263. The number of fused-ring (bicyclic) bond motifs is 1. The van der Waals surface area contributed by atoms with Gasteiger partial charge in [0.15, 0.2) is 21.4 Å². The summed E-state index contributed by atoms with van der Waals surface area (Å²) in [6, 6.07) is 6.80. The highest BCUT2D eigenvalue weighted by atomic mass is 32.2. The number of hydrogen-bond donors (Lipinski definition) is 0. The number of rotatable bonds is 7. The van der Waals surface area contributed by atoms with Crippen molar-refractivity contribution >= 4 is 32.2 Å². The molecule has 0 aliphatic carbocycles. The summed E-state index contributed by atoms with van der Waals surface area (Å²) in [6.45, 7) is 5.23. The van der Waals surface area contributed by atoms with Crippen molar-refractivity contribution in [3.8, 4) is 22.8 Å². The van der Waals surface area contributed by atoms with Crippen LogP contribution in [0.2, 0.25) is 0 Å². The second-order valence-corrected chi connectivity index (χ2v) is 13.1. The number of pyridine rings is 1. The van der Waals surface area contributed by atoms with Gasteiger partial charge in [-0.25, -0.2) is 22.8 Å².